The van der Waals surface area contributed by atoms with Gasteiger partial charge in [-0.3, -0.25) is 4.55 Å². The van der Waals surface area contributed by atoms with Crippen LogP contribution in [-0.2, 0) is 28.7 Å². The van der Waals surface area contributed by atoms with Crippen LogP contribution in [0.25, 0.3) is 11.4 Å². The first-order valence-corrected chi connectivity index (χ1v) is 39.7. The molecule has 0 saturated carbocycles. The van der Waals surface area contributed by atoms with Crippen molar-refractivity contribution in [3.63, 3.8) is 0 Å². The number of methoxy groups -OCH3 is 4. The van der Waals surface area contributed by atoms with Crippen molar-refractivity contribution in [1.82, 2.24) is 39.5 Å². The number of aryl methyl sites for hydroxylation is 3. The van der Waals surface area contributed by atoms with E-state index in [1.807, 2.05) is 69.3 Å². The number of rotatable bonds is 19. The first kappa shape index (κ1) is 78.5. The van der Waals surface area contributed by atoms with Gasteiger partial charge in [-0.2, -0.15) is 28.6 Å². The Morgan fingerprint density at radius 1 is 0.616 bits per heavy atom. The third kappa shape index (κ3) is 22.6. The molecule has 5 aromatic carbocycles. The molecule has 9 aromatic rings. The van der Waals surface area contributed by atoms with Crippen molar-refractivity contribution in [2.24, 2.45) is 0 Å². The summed E-state index contributed by atoms with van der Waals surface area (Å²) >= 11 is 12.8. The lowest BCUT2D eigenvalue weighted by Crippen LogP contribution is -2.36. The molecule has 2 aliphatic heterocycles. The molecule has 0 radical (unpaired) electrons. The molecule has 0 atom stereocenters. The van der Waals surface area contributed by atoms with Crippen molar-refractivity contribution >= 4 is 130 Å². The zero-order valence-corrected chi connectivity index (χ0v) is 63.8. The highest BCUT2D eigenvalue weighted by atomic mass is 79.9. The Morgan fingerprint density at radius 2 is 1.08 bits per heavy atom. The number of halogens is 3. The molecule has 99 heavy (non-hydrogen) atoms. The van der Waals surface area contributed by atoms with Crippen LogP contribution < -0.4 is 61.0 Å². The van der Waals surface area contributed by atoms with Gasteiger partial charge in [0.05, 0.1) is 128 Å². The summed E-state index contributed by atoms with van der Waals surface area (Å²) in [5.74, 6) is 4.30. The van der Waals surface area contributed by atoms with Gasteiger partial charge in [0.25, 0.3) is 10.1 Å². The fourth-order valence-electron chi connectivity index (χ4n) is 9.65. The third-order valence-corrected chi connectivity index (χ3v) is 20.4. The third-order valence-electron chi connectivity index (χ3n) is 15.1. The van der Waals surface area contributed by atoms with Gasteiger partial charge in [-0.1, -0.05) is 31.0 Å². The average Bonchev–Trinajstić information content (AvgIpc) is 1.75. The molecule has 2 aliphatic rings. The lowest BCUT2D eigenvalue weighted by molar-refractivity contribution is 0.122. The lowest BCUT2D eigenvalue weighted by atomic mass is 10.1. The average molecular weight is 1570 g/mol. The summed E-state index contributed by atoms with van der Waals surface area (Å²) in [7, 11) is -2.79. The van der Waals surface area contributed by atoms with Crippen LogP contribution in [0.2, 0.25) is 5.28 Å². The van der Waals surface area contributed by atoms with E-state index < -0.39 is 24.4 Å². The van der Waals surface area contributed by atoms with E-state index in [4.69, 9.17) is 60.4 Å². The molecule has 6 heterocycles. The maximum atomic E-state index is 13.3. The first-order chi connectivity index (χ1) is 47.1. The van der Waals surface area contributed by atoms with Crippen molar-refractivity contribution in [2.75, 3.05) is 146 Å². The summed E-state index contributed by atoms with van der Waals surface area (Å²) in [6.45, 7) is 21.5. The smallest absolute Gasteiger partial charge is 0.294 e. The lowest BCUT2D eigenvalue weighted by Gasteiger charge is -2.30. The number of hydrogen-bond donors (Lipinski definition) is 6. The van der Waals surface area contributed by atoms with E-state index in [9.17, 15) is 17.5 Å². The number of unbranched alkanes of at least 4 members (excludes halogenated alkanes) is 1. The first-order valence-electron chi connectivity index (χ1n) is 31.1. The van der Waals surface area contributed by atoms with E-state index in [2.05, 4.69) is 102 Å². The van der Waals surface area contributed by atoms with Gasteiger partial charge in [-0.05, 0) is 169 Å². The van der Waals surface area contributed by atoms with Gasteiger partial charge < -0.3 is 74.1 Å². The molecule has 0 aliphatic carbocycles. The van der Waals surface area contributed by atoms with E-state index in [-0.39, 0.29) is 10.2 Å². The number of hydrogen-bond acceptors (Lipinski definition) is 23. The van der Waals surface area contributed by atoms with Crippen molar-refractivity contribution in [3.8, 4) is 34.4 Å². The van der Waals surface area contributed by atoms with E-state index in [0.717, 1.165) is 115 Å². The number of morpholine rings is 2. The Hall–Kier alpha value is -7.82. The van der Waals surface area contributed by atoms with Crippen LogP contribution in [-0.4, -0.2) is 172 Å². The van der Waals surface area contributed by atoms with Gasteiger partial charge in [0.2, 0.25) is 11.2 Å². The predicted octanol–water partition coefficient (Wildman–Crippen LogP) is 12.8. The van der Waals surface area contributed by atoms with E-state index in [1.165, 1.54) is 12.1 Å². The second-order valence-electron chi connectivity index (χ2n) is 23.1. The summed E-state index contributed by atoms with van der Waals surface area (Å²) in [5.41, 5.74) is 15.6. The number of nitrogens with zero attached hydrogens (tertiary/aromatic N) is 10. The molecule has 0 amide bonds. The molecule has 4 aromatic heterocycles. The second kappa shape index (κ2) is 36.5. The highest BCUT2D eigenvalue weighted by Gasteiger charge is 2.24. The quantitative estimate of drug-likeness (QED) is 0.0190. The Bertz CT molecular complexity index is 4380. The number of benzene rings is 5. The second-order valence-corrected chi connectivity index (χ2v) is 33.0. The van der Waals surface area contributed by atoms with Crippen molar-refractivity contribution < 1.29 is 55.6 Å². The van der Waals surface area contributed by atoms with Crippen LogP contribution in [0.4, 0.5) is 51.7 Å². The minimum atomic E-state index is -4.02. The van der Waals surface area contributed by atoms with E-state index >= 15 is 0 Å². The zero-order valence-electron chi connectivity index (χ0n) is 57.3. The molecule has 0 unspecified atom stereocenters. The number of nitrogens with two attached hydrogens (primary N) is 1. The predicted molar refractivity (Wildman–Crippen MR) is 402 cm³/mol. The summed E-state index contributed by atoms with van der Waals surface area (Å²) < 4.78 is 92.8. The number of aliphatic hydroxyl groups excluding tert-OH is 1. The van der Waals surface area contributed by atoms with Crippen LogP contribution in [0.15, 0.2) is 136 Å². The van der Waals surface area contributed by atoms with E-state index in [1.54, 1.807) is 114 Å². The summed E-state index contributed by atoms with van der Waals surface area (Å²) in [5, 5.41) is 28.0. The van der Waals surface area contributed by atoms with Gasteiger partial charge in [0.15, 0.2) is 11.5 Å². The van der Waals surface area contributed by atoms with Gasteiger partial charge >= 0.3 is 0 Å². The zero-order chi connectivity index (χ0) is 72.2. The normalized spacial score (nSPS) is 13.0. The number of aromatic nitrogens is 8. The minimum Gasteiger partial charge on any atom is -0.495 e. The number of aliphatic hydroxyl groups is 1. The molecule has 2 fully saturated rings. The summed E-state index contributed by atoms with van der Waals surface area (Å²) in [6.07, 6.45) is 12.0. The summed E-state index contributed by atoms with van der Waals surface area (Å²) in [6, 6.07) is 25.2. The SMILES string of the molecule is CCCCO.COc1cc(N)c(C)cc1N1CCOCC1.COc1cnn(-c2ccc(Nc3nc(Cl)ncc3Br)c(P(C)(C)=O)c2)c1.COc1cnn(-c2ccc(Nc3nc(Nc4cc(OC)c(N5CCOCC5)cc4C)ncc3Br)c(P(C)(C)=O)c2)c1.Cc1ccc(S(=O)(=O)O)cc1. The molecule has 532 valence electrons. The highest BCUT2D eigenvalue weighted by molar-refractivity contribution is 9.11. The summed E-state index contributed by atoms with van der Waals surface area (Å²) in [4.78, 5) is 21.7. The van der Waals surface area contributed by atoms with Gasteiger partial charge in [0, 0.05) is 79.3 Å². The largest absolute Gasteiger partial charge is 0.495 e. The minimum absolute atomic E-state index is 0.0666. The maximum Gasteiger partial charge on any atom is 0.294 e. The number of ether oxygens (including phenoxy) is 6. The van der Waals surface area contributed by atoms with Crippen molar-refractivity contribution in [2.45, 2.75) is 45.4 Å². The van der Waals surface area contributed by atoms with Crippen molar-refractivity contribution in [1.29, 1.82) is 0 Å². The molecular weight excluding hydrogens is 1480 g/mol. The Kier molecular flexibility index (Phi) is 28.9. The molecule has 32 heteroatoms. The van der Waals surface area contributed by atoms with Gasteiger partial charge in [-0.25, -0.2) is 19.3 Å². The molecule has 26 nitrogen and oxygen atoms in total. The van der Waals surface area contributed by atoms with Crippen LogP contribution in [0.1, 0.15) is 36.5 Å². The maximum absolute atomic E-state index is 13.3. The van der Waals surface area contributed by atoms with Crippen molar-refractivity contribution in [3.05, 3.63) is 153 Å². The van der Waals surface area contributed by atoms with Crippen LogP contribution in [0, 0.1) is 20.8 Å². The topological polar surface area (TPSA) is 320 Å². The van der Waals surface area contributed by atoms with E-state index in [0.29, 0.717) is 79.8 Å². The molecule has 0 bridgehead atoms. The monoisotopic (exact) mass is 1560 g/mol. The Labute approximate surface area is 600 Å². The van der Waals surface area contributed by atoms with Crippen LogP contribution >= 0.6 is 57.7 Å². The number of nitrogen functional groups attached to an aromatic ring is 1. The Balaban J connectivity index is 0.000000201. The molecule has 7 N–H and O–H groups in total. The van der Waals surface area contributed by atoms with Crippen LogP contribution in [0.3, 0.4) is 0 Å². The standard InChI is InChI=1S/C28H33BrN7O4P.C16H16BrClN5O2P.C12H18N2O2.C7H8O3S.C4H10O/c1-18-12-24(35-8-10-40-11-9-35)25(39-3)14-23(18)33-28-30-16-21(29)27(34-28)32-22-7-6-19(13-26(22)41(4,5)37)36-17-20(38-2)15-31-36;1-25-11-7-20-23(9-11)10-4-5-13(14(6-10)26(2,3)24)21-15-12(17)8-19-16(18)22-15;1-9-7-11(12(15-2)8-10(9)13)14-3-5-16-6-4-14;1-6-2-4-7(5-3-6)11(8,9)10;1-2-3-4-5/h6-7,12-17H,8-11H2,1-5H3,(H2,30,32,33,34);4-9H,1-3H3,(H,19,21,22);7-8H,3-6,13H2,1-2H3;2-5H,1H3,(H,8,9,10);5H,2-4H2,1H3. The molecule has 0 spiro atoms. The number of anilines is 9. The fraction of sp³-hybridized carbons (Fsp3) is 0.343. The molecule has 2 saturated heterocycles. The fourth-order valence-corrected chi connectivity index (χ4v) is 13.2. The molecule has 11 rings (SSSR count). The van der Waals surface area contributed by atoms with Crippen LogP contribution in [0.5, 0.6) is 23.0 Å². The number of nitrogens with one attached hydrogen (secondary N) is 3. The highest BCUT2D eigenvalue weighted by Crippen LogP contribution is 2.42. The van der Waals surface area contributed by atoms with Gasteiger partial charge in [0.1, 0.15) is 37.4 Å². The molecular formula is C67H85Br2ClN14O12P2S. The van der Waals surface area contributed by atoms with Gasteiger partial charge in [-0.15, -0.1) is 0 Å². The Morgan fingerprint density at radius 3 is 1.51 bits per heavy atom.